The molecule has 1 atom stereocenters. The molecule has 1 unspecified atom stereocenters. The van der Waals surface area contributed by atoms with Crippen LogP contribution in [0.15, 0.2) is 16.8 Å². The molecule has 1 aromatic heterocycles. The van der Waals surface area contributed by atoms with Gasteiger partial charge in [-0.3, -0.25) is 14.5 Å². The Kier molecular flexibility index (Phi) is 6.16. The minimum Gasteiger partial charge on any atom is -0.379 e. The number of rotatable bonds is 5. The number of hydrogen-bond donors (Lipinski definition) is 2. The predicted octanol–water partition coefficient (Wildman–Crippen LogP) is 0.374. The van der Waals surface area contributed by atoms with Gasteiger partial charge in [-0.15, -0.1) is 0 Å². The van der Waals surface area contributed by atoms with Crippen molar-refractivity contribution < 1.29 is 14.3 Å². The van der Waals surface area contributed by atoms with Crippen LogP contribution in [0.3, 0.4) is 0 Å². The molecule has 0 aromatic carbocycles. The summed E-state index contributed by atoms with van der Waals surface area (Å²) in [5, 5.41) is 9.33. The van der Waals surface area contributed by atoms with E-state index < -0.39 is 11.8 Å². The van der Waals surface area contributed by atoms with Crippen LogP contribution in [0.1, 0.15) is 18.5 Å². The van der Waals surface area contributed by atoms with Crippen LogP contribution < -0.4 is 10.6 Å². The molecule has 0 aliphatic carbocycles. The number of nitrogens with zero attached hydrogens (tertiary/aromatic N) is 1. The summed E-state index contributed by atoms with van der Waals surface area (Å²) >= 11 is 1.63. The van der Waals surface area contributed by atoms with Gasteiger partial charge >= 0.3 is 11.8 Å². The van der Waals surface area contributed by atoms with E-state index in [0.717, 1.165) is 18.7 Å². The number of morpholine rings is 1. The second-order valence-electron chi connectivity index (χ2n) is 4.79. The van der Waals surface area contributed by atoms with Gasteiger partial charge in [-0.25, -0.2) is 0 Å². The van der Waals surface area contributed by atoms with Crippen LogP contribution in [0.2, 0.25) is 0 Å². The van der Waals surface area contributed by atoms with Gasteiger partial charge in [0, 0.05) is 26.2 Å². The molecule has 6 nitrogen and oxygen atoms in total. The van der Waals surface area contributed by atoms with Gasteiger partial charge in [0.05, 0.1) is 19.3 Å². The van der Waals surface area contributed by atoms with Gasteiger partial charge in [-0.2, -0.15) is 11.3 Å². The van der Waals surface area contributed by atoms with Crippen molar-refractivity contribution in [3.8, 4) is 0 Å². The normalized spacial score (nSPS) is 17.2. The molecule has 2 amide bonds. The predicted molar refractivity (Wildman–Crippen MR) is 81.1 cm³/mol. The summed E-state index contributed by atoms with van der Waals surface area (Å²) in [5.74, 6) is -1.16. The largest absolute Gasteiger partial charge is 0.379 e. The van der Waals surface area contributed by atoms with Gasteiger partial charge in [0.2, 0.25) is 0 Å². The molecule has 7 heteroatoms. The monoisotopic (exact) mass is 311 g/mol. The first-order chi connectivity index (χ1) is 10.2. The Bertz CT molecular complexity index is 458. The molecule has 1 saturated heterocycles. The van der Waals surface area contributed by atoms with E-state index in [2.05, 4.69) is 27.0 Å². The maximum absolute atomic E-state index is 11.7. The Hall–Kier alpha value is -1.44. The van der Waals surface area contributed by atoms with E-state index in [1.54, 1.807) is 18.3 Å². The van der Waals surface area contributed by atoms with E-state index in [1.165, 1.54) is 0 Å². The second kappa shape index (κ2) is 8.11. The average molecular weight is 311 g/mol. The van der Waals surface area contributed by atoms with Crippen LogP contribution in [0.4, 0.5) is 0 Å². The summed E-state index contributed by atoms with van der Waals surface area (Å²) in [4.78, 5) is 25.5. The maximum Gasteiger partial charge on any atom is 0.309 e. The first-order valence-corrected chi connectivity index (χ1v) is 8.06. The van der Waals surface area contributed by atoms with Crippen molar-refractivity contribution in [3.05, 3.63) is 22.4 Å². The summed E-state index contributed by atoms with van der Waals surface area (Å²) in [7, 11) is 0. The van der Waals surface area contributed by atoms with E-state index in [4.69, 9.17) is 4.74 Å². The third kappa shape index (κ3) is 4.52. The molecule has 2 heterocycles. The molecule has 1 aliphatic rings. The van der Waals surface area contributed by atoms with Crippen molar-refractivity contribution in [1.82, 2.24) is 15.5 Å². The van der Waals surface area contributed by atoms with Gasteiger partial charge in [-0.05, 0) is 29.3 Å². The lowest BCUT2D eigenvalue weighted by Crippen LogP contribution is -2.46. The molecule has 21 heavy (non-hydrogen) atoms. The van der Waals surface area contributed by atoms with E-state index >= 15 is 0 Å². The molecular formula is C14H21N3O3S. The second-order valence-corrected chi connectivity index (χ2v) is 5.57. The summed E-state index contributed by atoms with van der Waals surface area (Å²) in [6.45, 7) is 5.72. The van der Waals surface area contributed by atoms with Crippen molar-refractivity contribution in [2.75, 3.05) is 39.4 Å². The Morgan fingerprint density at radius 3 is 2.67 bits per heavy atom. The Morgan fingerprint density at radius 1 is 1.33 bits per heavy atom. The van der Waals surface area contributed by atoms with Crippen LogP contribution >= 0.6 is 11.3 Å². The number of ether oxygens (including phenoxy) is 1. The van der Waals surface area contributed by atoms with Crippen LogP contribution in [-0.4, -0.2) is 56.1 Å². The van der Waals surface area contributed by atoms with Crippen LogP contribution in [0.25, 0.3) is 0 Å². The van der Waals surface area contributed by atoms with Crippen molar-refractivity contribution in [2.45, 2.75) is 13.0 Å². The molecule has 1 fully saturated rings. The van der Waals surface area contributed by atoms with Gasteiger partial charge in [-0.1, -0.05) is 0 Å². The first kappa shape index (κ1) is 15.9. The first-order valence-electron chi connectivity index (χ1n) is 7.12. The molecular weight excluding hydrogens is 290 g/mol. The third-order valence-electron chi connectivity index (χ3n) is 3.41. The lowest BCUT2D eigenvalue weighted by Gasteiger charge is -2.34. The standard InChI is InChI=1S/C14H21N3O3S/c1-2-15-13(18)14(19)16-9-12(11-3-8-21-10-11)17-4-6-20-7-5-17/h3,8,10,12H,2,4-7,9H2,1H3,(H,15,18)(H,16,19). The van der Waals surface area contributed by atoms with Crippen molar-refractivity contribution in [3.63, 3.8) is 0 Å². The molecule has 1 aliphatic heterocycles. The van der Waals surface area contributed by atoms with E-state index in [9.17, 15) is 9.59 Å². The molecule has 1 aromatic rings. The van der Waals surface area contributed by atoms with Gasteiger partial charge in [0.1, 0.15) is 0 Å². The summed E-state index contributed by atoms with van der Waals surface area (Å²) in [5.41, 5.74) is 1.16. The smallest absolute Gasteiger partial charge is 0.309 e. The van der Waals surface area contributed by atoms with E-state index in [-0.39, 0.29) is 6.04 Å². The average Bonchev–Trinajstić information content (AvgIpc) is 3.03. The molecule has 0 bridgehead atoms. The summed E-state index contributed by atoms with van der Waals surface area (Å²) in [6.07, 6.45) is 0. The highest BCUT2D eigenvalue weighted by Gasteiger charge is 2.24. The fourth-order valence-corrected chi connectivity index (χ4v) is 3.03. The fraction of sp³-hybridized carbons (Fsp3) is 0.571. The minimum atomic E-state index is -0.580. The molecule has 0 radical (unpaired) electrons. The zero-order valence-electron chi connectivity index (χ0n) is 12.1. The SMILES string of the molecule is CCNC(=O)C(=O)NCC(c1ccsc1)N1CCOCC1. The van der Waals surface area contributed by atoms with Crippen molar-refractivity contribution >= 4 is 23.2 Å². The Morgan fingerprint density at radius 2 is 2.05 bits per heavy atom. The number of amides is 2. The highest BCUT2D eigenvalue weighted by atomic mass is 32.1. The number of carbonyl (C=O) groups excluding carboxylic acids is 2. The van der Waals surface area contributed by atoms with E-state index in [0.29, 0.717) is 26.3 Å². The van der Waals surface area contributed by atoms with Crippen LogP contribution in [0.5, 0.6) is 0 Å². The molecule has 2 rings (SSSR count). The lowest BCUT2D eigenvalue weighted by atomic mass is 10.1. The third-order valence-corrected chi connectivity index (χ3v) is 4.12. The zero-order valence-corrected chi connectivity index (χ0v) is 12.9. The van der Waals surface area contributed by atoms with Crippen molar-refractivity contribution in [2.24, 2.45) is 0 Å². The Labute approximate surface area is 128 Å². The van der Waals surface area contributed by atoms with Gasteiger partial charge in [0.15, 0.2) is 0 Å². The van der Waals surface area contributed by atoms with Crippen LogP contribution in [0, 0.1) is 0 Å². The molecule has 0 saturated carbocycles. The van der Waals surface area contributed by atoms with Gasteiger partial charge < -0.3 is 15.4 Å². The topological polar surface area (TPSA) is 70.7 Å². The Balaban J connectivity index is 1.96. The van der Waals surface area contributed by atoms with Crippen LogP contribution in [-0.2, 0) is 14.3 Å². The lowest BCUT2D eigenvalue weighted by molar-refractivity contribution is -0.139. The zero-order chi connectivity index (χ0) is 15.1. The highest BCUT2D eigenvalue weighted by molar-refractivity contribution is 7.07. The van der Waals surface area contributed by atoms with E-state index in [1.807, 2.05) is 5.38 Å². The maximum atomic E-state index is 11.7. The number of nitrogens with one attached hydrogen (secondary N) is 2. The number of likely N-dealkylation sites (N-methyl/N-ethyl adjacent to an activating group) is 1. The summed E-state index contributed by atoms with van der Waals surface area (Å²) in [6, 6.07) is 2.14. The molecule has 0 spiro atoms. The quantitative estimate of drug-likeness (QED) is 0.771. The number of carbonyl (C=O) groups is 2. The summed E-state index contributed by atoms with van der Waals surface area (Å²) < 4.78 is 5.37. The molecule has 2 N–H and O–H groups in total. The van der Waals surface area contributed by atoms with Gasteiger partial charge in [0.25, 0.3) is 0 Å². The highest BCUT2D eigenvalue weighted by Crippen LogP contribution is 2.23. The number of hydrogen-bond acceptors (Lipinski definition) is 5. The molecule has 116 valence electrons. The number of thiophene rings is 1. The minimum absolute atomic E-state index is 0.0820. The fourth-order valence-electron chi connectivity index (χ4n) is 2.32. The van der Waals surface area contributed by atoms with Crippen molar-refractivity contribution in [1.29, 1.82) is 0 Å².